The van der Waals surface area contributed by atoms with Crippen molar-refractivity contribution in [3.05, 3.63) is 88.0 Å². The predicted molar refractivity (Wildman–Crippen MR) is 141 cm³/mol. The molecular formula is C28H24N4O6S. The number of fused-ring (bicyclic) bond motifs is 2. The van der Waals surface area contributed by atoms with Crippen molar-refractivity contribution in [3.63, 3.8) is 0 Å². The summed E-state index contributed by atoms with van der Waals surface area (Å²) in [4.78, 5) is 61.3. The number of hydrogen-bond acceptors (Lipinski definition) is 8. The van der Waals surface area contributed by atoms with E-state index >= 15 is 0 Å². The van der Waals surface area contributed by atoms with Gasteiger partial charge in [-0.2, -0.15) is 0 Å². The third-order valence-electron chi connectivity index (χ3n) is 7.70. The third kappa shape index (κ3) is 3.93. The molecule has 2 aromatic carbocycles. The van der Waals surface area contributed by atoms with Gasteiger partial charge >= 0.3 is 11.9 Å². The molecule has 2 fully saturated rings. The lowest BCUT2D eigenvalue weighted by atomic mass is 9.76. The molecule has 0 saturated carbocycles. The van der Waals surface area contributed by atoms with Crippen LogP contribution in [0.1, 0.15) is 32.5 Å². The minimum atomic E-state index is -1.73. The standard InChI is InChI=1S/C28H24N4O6S/c1-38-26(35)16-8-6-15(7-9-16)14-32-24(33)20-21(25(32)34)28(27(36)37,31-22(20)23-29-10-11-39-23)12-17-13-30-19-5-3-2-4-18(17)19/h2-11,13,20-22,30-31H,12,14H2,1H3,(H,36,37). The van der Waals surface area contributed by atoms with Crippen LogP contribution < -0.4 is 5.32 Å². The largest absolute Gasteiger partial charge is 0.480 e. The van der Waals surface area contributed by atoms with Crippen LogP contribution in [0.4, 0.5) is 0 Å². The van der Waals surface area contributed by atoms with Crippen molar-refractivity contribution < 1.29 is 29.0 Å². The number of H-pyrrole nitrogens is 1. The Balaban J connectivity index is 1.39. The lowest BCUT2D eigenvalue weighted by Gasteiger charge is -2.31. The maximum absolute atomic E-state index is 14.0. The van der Waals surface area contributed by atoms with Crippen LogP contribution >= 0.6 is 11.3 Å². The number of hydrogen-bond donors (Lipinski definition) is 3. The van der Waals surface area contributed by atoms with E-state index in [2.05, 4.69) is 15.3 Å². The van der Waals surface area contributed by atoms with E-state index in [4.69, 9.17) is 4.74 Å². The van der Waals surface area contributed by atoms with Crippen LogP contribution in [0, 0.1) is 11.8 Å². The lowest BCUT2D eigenvalue weighted by molar-refractivity contribution is -0.151. The first kappa shape index (κ1) is 25.0. The summed E-state index contributed by atoms with van der Waals surface area (Å²) < 4.78 is 4.73. The molecule has 10 nitrogen and oxygen atoms in total. The van der Waals surface area contributed by atoms with Crippen molar-refractivity contribution in [2.45, 2.75) is 24.5 Å². The maximum Gasteiger partial charge on any atom is 0.337 e. The second-order valence-electron chi connectivity index (χ2n) is 9.76. The molecule has 4 aromatic rings. The van der Waals surface area contributed by atoms with Gasteiger partial charge in [-0.3, -0.25) is 24.6 Å². The highest BCUT2D eigenvalue weighted by Gasteiger charge is 2.68. The first-order chi connectivity index (χ1) is 18.8. The van der Waals surface area contributed by atoms with Gasteiger partial charge in [0.05, 0.1) is 37.1 Å². The second kappa shape index (κ2) is 9.44. The zero-order valence-electron chi connectivity index (χ0n) is 20.8. The number of esters is 1. The Hall–Kier alpha value is -4.35. The average Bonchev–Trinajstić information content (AvgIpc) is 3.73. The monoisotopic (exact) mass is 544 g/mol. The van der Waals surface area contributed by atoms with Gasteiger partial charge in [0.15, 0.2) is 0 Å². The molecule has 0 aliphatic carbocycles. The summed E-state index contributed by atoms with van der Waals surface area (Å²) >= 11 is 1.31. The molecule has 4 heterocycles. The molecule has 0 radical (unpaired) electrons. The number of carbonyl (C=O) groups is 4. The van der Waals surface area contributed by atoms with Gasteiger partial charge in [-0.05, 0) is 29.3 Å². The molecule has 2 aromatic heterocycles. The van der Waals surface area contributed by atoms with Crippen molar-refractivity contribution in [1.29, 1.82) is 0 Å². The Morgan fingerprint density at radius 2 is 1.90 bits per heavy atom. The highest BCUT2D eigenvalue weighted by atomic mass is 32.1. The number of nitrogens with one attached hydrogen (secondary N) is 2. The Bertz CT molecular complexity index is 1600. The zero-order valence-corrected chi connectivity index (χ0v) is 21.6. The van der Waals surface area contributed by atoms with Gasteiger partial charge < -0.3 is 14.8 Å². The van der Waals surface area contributed by atoms with Crippen LogP contribution in [0.5, 0.6) is 0 Å². The van der Waals surface area contributed by atoms with Crippen molar-refractivity contribution >= 4 is 46.0 Å². The predicted octanol–water partition coefficient (Wildman–Crippen LogP) is 2.92. The molecule has 3 N–H and O–H groups in total. The maximum atomic E-state index is 14.0. The molecule has 4 unspecified atom stereocenters. The summed E-state index contributed by atoms with van der Waals surface area (Å²) in [7, 11) is 1.29. The molecule has 0 spiro atoms. The number of carboxylic acid groups (broad SMARTS) is 1. The van der Waals surface area contributed by atoms with Gasteiger partial charge in [0.1, 0.15) is 10.5 Å². The van der Waals surface area contributed by atoms with E-state index in [1.165, 1.54) is 18.4 Å². The van der Waals surface area contributed by atoms with Crippen molar-refractivity contribution in [2.75, 3.05) is 7.11 Å². The number of benzene rings is 2. The molecule has 2 aliphatic heterocycles. The number of amides is 2. The van der Waals surface area contributed by atoms with Crippen LogP contribution in [0.3, 0.4) is 0 Å². The fraction of sp³-hybridized carbons (Fsp3) is 0.250. The average molecular weight is 545 g/mol. The number of nitrogens with zero attached hydrogens (tertiary/aromatic N) is 2. The molecule has 11 heteroatoms. The van der Waals surface area contributed by atoms with Gasteiger partial charge in [-0.1, -0.05) is 30.3 Å². The molecule has 0 bridgehead atoms. The number of rotatable bonds is 7. The number of carbonyl (C=O) groups excluding carboxylic acids is 3. The van der Waals surface area contributed by atoms with Gasteiger partial charge in [-0.25, -0.2) is 9.78 Å². The smallest absolute Gasteiger partial charge is 0.337 e. The lowest BCUT2D eigenvalue weighted by Crippen LogP contribution is -2.57. The van der Waals surface area contributed by atoms with Crippen LogP contribution in [-0.2, 0) is 32.1 Å². The number of likely N-dealkylation sites (tertiary alicyclic amines) is 1. The first-order valence-corrected chi connectivity index (χ1v) is 13.2. The van der Waals surface area contributed by atoms with E-state index in [1.54, 1.807) is 42.0 Å². The van der Waals surface area contributed by atoms with Gasteiger partial charge in [-0.15, -0.1) is 11.3 Å². The Kier molecular flexibility index (Phi) is 6.04. The Morgan fingerprint density at radius 3 is 2.59 bits per heavy atom. The zero-order chi connectivity index (χ0) is 27.3. The minimum Gasteiger partial charge on any atom is -0.480 e. The van der Waals surface area contributed by atoms with Gasteiger partial charge in [0.2, 0.25) is 11.8 Å². The number of aromatic amines is 1. The van der Waals surface area contributed by atoms with Crippen LogP contribution in [0.15, 0.2) is 66.3 Å². The molecule has 2 amide bonds. The number of imide groups is 1. The molecule has 6 rings (SSSR count). The molecule has 198 valence electrons. The molecule has 2 saturated heterocycles. The second-order valence-corrected chi connectivity index (χ2v) is 10.7. The SMILES string of the molecule is COC(=O)c1ccc(CN2C(=O)C3C(c4nccs4)NC(Cc4c[nH]c5ccccc45)(C(=O)O)C3C2=O)cc1. The molecular weight excluding hydrogens is 520 g/mol. The van der Waals surface area contributed by atoms with Crippen molar-refractivity contribution in [2.24, 2.45) is 11.8 Å². The number of aromatic nitrogens is 2. The number of aliphatic carboxylic acids is 1. The minimum absolute atomic E-state index is 0.00389. The number of thiazole rings is 1. The quantitative estimate of drug-likeness (QED) is 0.238. The fourth-order valence-corrected chi connectivity index (χ4v) is 6.61. The summed E-state index contributed by atoms with van der Waals surface area (Å²) in [6.07, 6.45) is 3.35. The van der Waals surface area contributed by atoms with E-state index in [9.17, 15) is 24.3 Å². The Labute approximate surface area is 226 Å². The summed E-state index contributed by atoms with van der Waals surface area (Å²) in [5, 5.41) is 17.0. The van der Waals surface area contributed by atoms with E-state index in [1.807, 2.05) is 24.3 Å². The van der Waals surface area contributed by atoms with Gasteiger partial charge in [0.25, 0.3) is 0 Å². The number of para-hydroxylation sites is 1. The molecule has 4 atom stereocenters. The molecule has 2 aliphatic rings. The fourth-order valence-electron chi connectivity index (χ4n) is 5.88. The summed E-state index contributed by atoms with van der Waals surface area (Å²) in [5.74, 6) is -4.76. The van der Waals surface area contributed by atoms with E-state index in [-0.39, 0.29) is 13.0 Å². The summed E-state index contributed by atoms with van der Waals surface area (Å²) in [5.41, 5.74) is 0.817. The van der Waals surface area contributed by atoms with E-state index in [0.29, 0.717) is 16.1 Å². The highest BCUT2D eigenvalue weighted by Crippen LogP contribution is 2.51. The highest BCUT2D eigenvalue weighted by molar-refractivity contribution is 7.09. The van der Waals surface area contributed by atoms with Crippen molar-refractivity contribution in [1.82, 2.24) is 20.2 Å². The van der Waals surface area contributed by atoms with E-state index < -0.39 is 47.2 Å². The first-order valence-electron chi connectivity index (χ1n) is 12.3. The summed E-state index contributed by atoms with van der Waals surface area (Å²) in [6.45, 7) is -0.0422. The van der Waals surface area contributed by atoms with Crippen molar-refractivity contribution in [3.8, 4) is 0 Å². The molecule has 39 heavy (non-hydrogen) atoms. The van der Waals surface area contributed by atoms with Gasteiger partial charge in [0, 0.05) is 35.1 Å². The van der Waals surface area contributed by atoms with Crippen LogP contribution in [-0.4, -0.2) is 56.4 Å². The normalized spacial score (nSPS) is 24.3. The number of methoxy groups -OCH3 is 1. The number of ether oxygens (including phenoxy) is 1. The van der Waals surface area contributed by atoms with E-state index in [0.717, 1.165) is 21.4 Å². The topological polar surface area (TPSA) is 142 Å². The third-order valence-corrected chi connectivity index (χ3v) is 8.56. The number of carboxylic acids is 1. The van der Waals surface area contributed by atoms with Crippen LogP contribution in [0.25, 0.3) is 10.9 Å². The Morgan fingerprint density at radius 1 is 1.13 bits per heavy atom. The summed E-state index contributed by atoms with van der Waals surface area (Å²) in [6, 6.07) is 13.2. The van der Waals surface area contributed by atoms with Crippen LogP contribution in [0.2, 0.25) is 0 Å².